The molecule has 0 spiro atoms. The number of carboxylic acids is 2. The lowest BCUT2D eigenvalue weighted by atomic mass is 9.87. The van der Waals surface area contributed by atoms with Crippen molar-refractivity contribution in [3.8, 4) is 0 Å². The molecule has 0 bridgehead atoms. The fourth-order valence-electron chi connectivity index (χ4n) is 11.9. The van der Waals surface area contributed by atoms with Crippen LogP contribution in [0.15, 0.2) is 120 Å². The Morgan fingerprint density at radius 1 is 0.554 bits per heavy atom. The largest absolute Gasteiger partial charge is 0.480 e. The number of aliphatic carboxylic acids is 2. The van der Waals surface area contributed by atoms with Gasteiger partial charge in [0, 0.05) is 54.6 Å². The molecule has 8 rings (SSSR count). The summed E-state index contributed by atoms with van der Waals surface area (Å²) < 4.78 is 33.0. The first-order valence-corrected chi connectivity index (χ1v) is 34.5. The van der Waals surface area contributed by atoms with E-state index >= 15 is 0 Å². The second-order valence-electron chi connectivity index (χ2n) is 29.4. The van der Waals surface area contributed by atoms with Crippen LogP contribution in [0.3, 0.4) is 0 Å². The monoisotopic (exact) mass is 1460 g/mol. The molecule has 2 unspecified atom stereocenters. The molecular formula is C76H99BrN6O18. The SMILES string of the molecule is C=CCCC(C)(C)COC(=O)N[C@H](C(=O)O)C(C)(C)C.COC(=O)[C@@H]1CC(OC(=O)N2Cc3cccc(/C=C/CCC(C)(C)COC(=O)N[C@H](C(=O)O)C(C)(C)C)c3C2)CN1CC(=O)c1ccccc1.COC(=O)[C@@H]1CC(OC(=O)N2Cc3cccc(Br)c3C2)CN1CC(=O)c1ccccc1. The number of carbonyl (C=O) groups is 10. The number of esters is 2. The number of hydrogen-bond donors (Lipinski definition) is 4. The van der Waals surface area contributed by atoms with Crippen molar-refractivity contribution in [2.24, 2.45) is 21.7 Å². The van der Waals surface area contributed by atoms with E-state index in [9.17, 15) is 53.1 Å². The maximum Gasteiger partial charge on any atom is 0.410 e. The highest BCUT2D eigenvalue weighted by Gasteiger charge is 2.44. The Labute approximate surface area is 600 Å². The first-order chi connectivity index (χ1) is 47.5. The highest BCUT2D eigenvalue weighted by atomic mass is 79.9. The molecule has 0 aromatic heterocycles. The molecule has 4 aliphatic rings. The number of methoxy groups -OCH3 is 2. The van der Waals surface area contributed by atoms with Crippen molar-refractivity contribution in [2.45, 2.75) is 170 Å². The number of ether oxygens (including phenoxy) is 6. The number of nitrogens with one attached hydrogen (secondary N) is 2. The number of allylic oxidation sites excluding steroid dienone is 2. The molecule has 4 amide bonds. The molecule has 2 fully saturated rings. The highest BCUT2D eigenvalue weighted by molar-refractivity contribution is 9.10. The van der Waals surface area contributed by atoms with Crippen LogP contribution < -0.4 is 10.6 Å². The average Bonchev–Trinajstić information content (AvgIpc) is 1.67. The molecular weight excluding hydrogens is 1360 g/mol. The van der Waals surface area contributed by atoms with Gasteiger partial charge in [0.05, 0.1) is 53.6 Å². The lowest BCUT2D eigenvalue weighted by Gasteiger charge is -2.28. The topological polar surface area (TPSA) is 304 Å². The van der Waals surface area contributed by atoms with Gasteiger partial charge >= 0.3 is 48.3 Å². The van der Waals surface area contributed by atoms with Crippen LogP contribution in [-0.4, -0.2) is 180 Å². The first-order valence-electron chi connectivity index (χ1n) is 33.7. The highest BCUT2D eigenvalue weighted by Crippen LogP contribution is 2.34. The predicted octanol–water partition coefficient (Wildman–Crippen LogP) is 12.3. The van der Waals surface area contributed by atoms with Crippen molar-refractivity contribution >= 4 is 81.8 Å². The van der Waals surface area contributed by atoms with Crippen LogP contribution in [0.4, 0.5) is 19.2 Å². The number of halogens is 1. The van der Waals surface area contributed by atoms with Gasteiger partial charge in [-0.25, -0.2) is 28.8 Å². The van der Waals surface area contributed by atoms with E-state index in [2.05, 4.69) is 39.2 Å². The molecule has 0 radical (unpaired) electrons. The Bertz CT molecular complexity index is 3610. The minimum atomic E-state index is -1.12. The quantitative estimate of drug-likeness (QED) is 0.0207. The van der Waals surface area contributed by atoms with E-state index < -0.39 is 95.5 Å². The van der Waals surface area contributed by atoms with E-state index in [1.54, 1.807) is 110 Å². The van der Waals surface area contributed by atoms with Crippen LogP contribution in [0.1, 0.15) is 156 Å². The van der Waals surface area contributed by atoms with Gasteiger partial charge < -0.3 is 49.3 Å². The molecule has 548 valence electrons. The Hall–Kier alpha value is -8.94. The number of Topliss-reactive ketones (excluding diaryl/α,β-unsaturated/α-hetero) is 2. The van der Waals surface area contributed by atoms with E-state index in [4.69, 9.17) is 33.5 Å². The number of ketones is 2. The summed E-state index contributed by atoms with van der Waals surface area (Å²) in [6.45, 7) is 24.7. The van der Waals surface area contributed by atoms with E-state index in [-0.39, 0.29) is 61.7 Å². The van der Waals surface area contributed by atoms with Crippen molar-refractivity contribution < 1.29 is 86.6 Å². The molecule has 6 atom stereocenters. The van der Waals surface area contributed by atoms with Gasteiger partial charge in [-0.05, 0) is 81.2 Å². The van der Waals surface area contributed by atoms with Gasteiger partial charge in [-0.2, -0.15) is 0 Å². The van der Waals surface area contributed by atoms with Crippen LogP contribution in [0.2, 0.25) is 0 Å². The molecule has 4 heterocycles. The number of rotatable bonds is 25. The third-order valence-corrected chi connectivity index (χ3v) is 18.6. The maximum atomic E-state index is 13.3. The number of nitrogens with zero attached hydrogens (tertiary/aromatic N) is 4. The summed E-state index contributed by atoms with van der Waals surface area (Å²) in [6, 6.07) is 26.2. The molecule has 24 nitrogen and oxygen atoms in total. The zero-order chi connectivity index (χ0) is 74.6. The molecule has 0 aliphatic carbocycles. The smallest absolute Gasteiger partial charge is 0.410 e. The number of likely N-dealkylation sites (tertiary alicyclic amines) is 2. The number of fused-ring (bicyclic) bond motifs is 2. The summed E-state index contributed by atoms with van der Waals surface area (Å²) in [5.41, 5.74) is 4.56. The Balaban J connectivity index is 0.000000266. The van der Waals surface area contributed by atoms with E-state index in [0.717, 1.165) is 45.1 Å². The number of alkyl carbamates (subject to hydrolysis) is 2. The number of amides is 4. The van der Waals surface area contributed by atoms with E-state index in [0.29, 0.717) is 63.1 Å². The standard InChI is InChI=1S/C38H49N3O9.C23H23BrN2O5.C15H27NO4/c1-37(2,3)32(33(43)44)39-35(46)49-24-38(4,5)18-11-10-13-25-16-12-17-27-20-41(22-29(25)27)36(47)50-28-19-30(34(45)48-6)40(21-28)23-31(42)26-14-8-7-9-15-26;1-30-22(28)20-10-17(12-25(20)14-21(27)15-6-3-2-4-7-15)31-23(29)26-11-16-8-5-9-19(24)18(16)13-26;1-7-8-9-15(5,6)10-20-13(19)16-11(12(17)18)14(2,3)4/h7-10,12-17,28,30,32H,11,18-24H2,1-6H3,(H,39,46)(H,43,44);2-9,17,20H,10-14H2,1H3;7,11H,1,8-10H2,2-6H3,(H,16,19)(H,17,18)/b13-10+;;/t28?,30-,32+;17?,20-;11-/m001/s1. The summed E-state index contributed by atoms with van der Waals surface area (Å²) in [5.74, 6) is -3.32. The number of carbonyl (C=O) groups excluding carboxylic acids is 8. The second-order valence-corrected chi connectivity index (χ2v) is 30.2. The Morgan fingerprint density at radius 2 is 0.960 bits per heavy atom. The van der Waals surface area contributed by atoms with Gasteiger partial charge in [0.2, 0.25) is 0 Å². The molecule has 4 aliphatic heterocycles. The van der Waals surface area contributed by atoms with Gasteiger partial charge in [-0.15, -0.1) is 6.58 Å². The molecule has 2 saturated heterocycles. The van der Waals surface area contributed by atoms with Crippen molar-refractivity contribution in [3.05, 3.63) is 159 Å². The Morgan fingerprint density at radius 3 is 1.36 bits per heavy atom. The summed E-state index contributed by atoms with van der Waals surface area (Å²) in [5, 5.41) is 23.4. The second kappa shape index (κ2) is 36.6. The minimum absolute atomic E-state index is 0.00682. The van der Waals surface area contributed by atoms with Crippen molar-refractivity contribution in [3.63, 3.8) is 0 Å². The number of benzene rings is 4. The van der Waals surface area contributed by atoms with Crippen molar-refractivity contribution in [1.29, 1.82) is 0 Å². The number of hydrogen-bond acceptors (Lipinski definition) is 18. The lowest BCUT2D eigenvalue weighted by Crippen LogP contribution is -2.49. The van der Waals surface area contributed by atoms with Gasteiger partial charge in [0.1, 0.15) is 36.4 Å². The normalized spacial score (nSPS) is 18.0. The van der Waals surface area contributed by atoms with Gasteiger partial charge in [0.15, 0.2) is 11.6 Å². The molecule has 4 aromatic rings. The van der Waals surface area contributed by atoms with Crippen LogP contribution in [-0.2, 0) is 73.8 Å². The lowest BCUT2D eigenvalue weighted by molar-refractivity contribution is -0.146. The molecule has 101 heavy (non-hydrogen) atoms. The fourth-order valence-corrected chi connectivity index (χ4v) is 12.5. The minimum Gasteiger partial charge on any atom is -0.480 e. The van der Waals surface area contributed by atoms with Crippen LogP contribution in [0, 0.1) is 21.7 Å². The molecule has 25 heteroatoms. The predicted molar refractivity (Wildman–Crippen MR) is 381 cm³/mol. The van der Waals surface area contributed by atoms with Crippen molar-refractivity contribution in [2.75, 3.05) is 53.6 Å². The van der Waals surface area contributed by atoms with Crippen LogP contribution in [0.5, 0.6) is 0 Å². The average molecular weight is 1460 g/mol. The van der Waals surface area contributed by atoms with E-state index in [1.807, 2.05) is 88.4 Å². The first kappa shape index (κ1) is 81.0. The molecule has 4 aromatic carbocycles. The summed E-state index contributed by atoms with van der Waals surface area (Å²) >= 11 is 3.52. The van der Waals surface area contributed by atoms with Crippen LogP contribution >= 0.6 is 15.9 Å². The van der Waals surface area contributed by atoms with E-state index in [1.165, 1.54) is 14.2 Å². The molecule has 0 saturated carbocycles. The number of carboxylic acid groups (broad SMARTS) is 2. The summed E-state index contributed by atoms with van der Waals surface area (Å²) in [7, 11) is 2.62. The zero-order valence-electron chi connectivity index (χ0n) is 60.0. The zero-order valence-corrected chi connectivity index (χ0v) is 61.6. The Kier molecular flexibility index (Phi) is 29.4. The third kappa shape index (κ3) is 24.4. The third-order valence-electron chi connectivity index (χ3n) is 17.8. The summed E-state index contributed by atoms with van der Waals surface area (Å²) in [4.78, 5) is 130. The summed E-state index contributed by atoms with van der Waals surface area (Å²) in [6.07, 6.45) is 6.12. The van der Waals surface area contributed by atoms with Crippen LogP contribution in [0.25, 0.3) is 6.08 Å². The van der Waals surface area contributed by atoms with Gasteiger partial charge in [-0.1, -0.05) is 194 Å². The molecule has 4 N–H and O–H groups in total. The maximum absolute atomic E-state index is 13.3. The van der Waals surface area contributed by atoms with Crippen molar-refractivity contribution in [1.82, 2.24) is 30.2 Å². The van der Waals surface area contributed by atoms with Gasteiger partial charge in [-0.3, -0.25) is 38.8 Å². The fraction of sp³-hybridized carbons (Fsp3) is 0.500. The van der Waals surface area contributed by atoms with Gasteiger partial charge in [0.25, 0.3) is 0 Å².